The number of quaternary nitrogens is 1. The van der Waals surface area contributed by atoms with Crippen molar-refractivity contribution in [2.75, 3.05) is 6.54 Å². The number of aromatic nitrogens is 1. The normalized spacial score (nSPS) is 19.2. The van der Waals surface area contributed by atoms with Crippen molar-refractivity contribution in [1.29, 1.82) is 0 Å². The molecule has 0 N–H and O–H groups in total. The minimum absolute atomic E-state index is 0.0195. The number of nitrogens with zero attached hydrogens (tertiary/aromatic N) is 4. The highest BCUT2D eigenvalue weighted by molar-refractivity contribution is 5.65. The first-order valence-corrected chi connectivity index (χ1v) is 7.17. The van der Waals surface area contributed by atoms with Gasteiger partial charge in [-0.1, -0.05) is 6.08 Å². The number of nitro groups is 2. The Kier molecular flexibility index (Phi) is 3.88. The van der Waals surface area contributed by atoms with E-state index < -0.39 is 9.85 Å². The summed E-state index contributed by atoms with van der Waals surface area (Å²) in [5.74, 6) is 0. The lowest BCUT2D eigenvalue weighted by atomic mass is 10.2. The maximum Gasteiger partial charge on any atom is 0.342 e. The topological polar surface area (TPSA) is 90.2 Å². The lowest BCUT2D eigenvalue weighted by molar-refractivity contribution is -0.796. The van der Waals surface area contributed by atoms with Crippen LogP contribution in [-0.2, 0) is 0 Å². The third-order valence-corrected chi connectivity index (χ3v) is 3.86. The van der Waals surface area contributed by atoms with Crippen molar-refractivity contribution in [2.24, 2.45) is 0 Å². The van der Waals surface area contributed by atoms with Crippen LogP contribution >= 0.6 is 0 Å². The maximum atomic E-state index is 11.5. The number of pyridine rings is 1. The van der Waals surface area contributed by atoms with Crippen molar-refractivity contribution < 1.29 is 14.5 Å². The van der Waals surface area contributed by atoms with Crippen LogP contribution in [-0.4, -0.2) is 16.4 Å². The first-order valence-electron chi connectivity index (χ1n) is 7.17. The smallest absolute Gasteiger partial charge is 0.258 e. The van der Waals surface area contributed by atoms with Crippen LogP contribution < -0.4 is 9.27 Å². The molecule has 1 aromatic heterocycles. The van der Waals surface area contributed by atoms with Crippen LogP contribution in [0.2, 0.25) is 0 Å². The fourth-order valence-electron chi connectivity index (χ4n) is 2.75. The SMILES string of the molecule is O=[N+]([O-])c1ccc([N+]2([n+]3ccccc3)C=CC=CC2)c([N+](=O)[O-])c1. The number of allylic oxidation sites excluding steroid dienone is 2. The van der Waals surface area contributed by atoms with Crippen LogP contribution in [0.1, 0.15) is 0 Å². The molecule has 1 aromatic carbocycles. The monoisotopic (exact) mass is 326 g/mol. The summed E-state index contributed by atoms with van der Waals surface area (Å²) in [6, 6.07) is 9.23. The van der Waals surface area contributed by atoms with Gasteiger partial charge in [0.15, 0.2) is 12.7 Å². The van der Waals surface area contributed by atoms with E-state index in [2.05, 4.69) is 0 Å². The van der Waals surface area contributed by atoms with E-state index in [9.17, 15) is 20.2 Å². The summed E-state index contributed by atoms with van der Waals surface area (Å²) in [7, 11) is 0. The van der Waals surface area contributed by atoms with Gasteiger partial charge in [0.05, 0.1) is 9.85 Å². The molecule has 2 heterocycles. The fourth-order valence-corrected chi connectivity index (χ4v) is 2.75. The molecule has 0 aliphatic carbocycles. The van der Waals surface area contributed by atoms with Gasteiger partial charge in [-0.2, -0.15) is 0 Å². The average Bonchev–Trinajstić information content (AvgIpc) is 2.62. The lowest BCUT2D eigenvalue weighted by Gasteiger charge is -2.26. The predicted molar refractivity (Wildman–Crippen MR) is 86.7 cm³/mol. The first kappa shape index (κ1) is 15.5. The molecular formula is C16H14N4O4+2. The molecule has 24 heavy (non-hydrogen) atoms. The van der Waals surface area contributed by atoms with Crippen molar-refractivity contribution >= 4 is 17.1 Å². The van der Waals surface area contributed by atoms with Crippen LogP contribution in [0.3, 0.4) is 0 Å². The van der Waals surface area contributed by atoms with Gasteiger partial charge in [0.2, 0.25) is 12.4 Å². The Balaban J connectivity index is 2.27. The standard InChI is InChI=1S/C16H14N4O4/c21-18(22)14-7-8-16(15(13-14)19(23)24)20(11-5-2-6-12-20)17-9-3-1-4-10-17/h1-11,13H,12H2/q+2. The van der Waals surface area contributed by atoms with Crippen LogP contribution in [0, 0.1) is 20.2 Å². The number of hydrogen-bond acceptors (Lipinski definition) is 4. The van der Waals surface area contributed by atoms with Crippen LogP contribution in [0.15, 0.2) is 73.2 Å². The van der Waals surface area contributed by atoms with Crippen molar-refractivity contribution in [3.8, 4) is 0 Å². The van der Waals surface area contributed by atoms with Crippen molar-refractivity contribution in [2.45, 2.75) is 0 Å². The van der Waals surface area contributed by atoms with Gasteiger partial charge < -0.3 is 0 Å². The van der Waals surface area contributed by atoms with Crippen LogP contribution in [0.25, 0.3) is 0 Å². The van der Waals surface area contributed by atoms with Gasteiger partial charge in [0.1, 0.15) is 6.07 Å². The molecule has 120 valence electrons. The van der Waals surface area contributed by atoms with E-state index in [1.165, 1.54) is 12.1 Å². The Morgan fingerprint density at radius 1 is 1.00 bits per heavy atom. The molecule has 0 amide bonds. The van der Waals surface area contributed by atoms with E-state index >= 15 is 0 Å². The third kappa shape index (κ3) is 2.55. The zero-order valence-electron chi connectivity index (χ0n) is 12.6. The molecule has 1 atom stereocenters. The molecule has 0 fully saturated rings. The Morgan fingerprint density at radius 3 is 2.33 bits per heavy atom. The molecule has 0 bridgehead atoms. The molecule has 8 heteroatoms. The molecule has 8 nitrogen and oxygen atoms in total. The number of benzene rings is 1. The molecule has 1 aliphatic heterocycles. The molecule has 1 unspecified atom stereocenters. The number of non-ortho nitro benzene ring substituents is 1. The van der Waals surface area contributed by atoms with Gasteiger partial charge in [-0.05, 0) is 27.5 Å². The second-order valence-electron chi connectivity index (χ2n) is 5.22. The largest absolute Gasteiger partial charge is 0.342 e. The molecule has 1 aliphatic rings. The summed E-state index contributed by atoms with van der Waals surface area (Å²) in [4.78, 5) is 21.3. The zero-order valence-corrected chi connectivity index (χ0v) is 12.6. The molecule has 0 saturated heterocycles. The molecular weight excluding hydrogens is 312 g/mol. The summed E-state index contributed by atoms with van der Waals surface area (Å²) >= 11 is 0. The van der Waals surface area contributed by atoms with E-state index in [0.717, 1.165) is 6.07 Å². The summed E-state index contributed by atoms with van der Waals surface area (Å²) < 4.78 is 1.83. The molecule has 3 rings (SSSR count). The average molecular weight is 326 g/mol. The van der Waals surface area contributed by atoms with Crippen LogP contribution in [0.5, 0.6) is 0 Å². The van der Waals surface area contributed by atoms with Crippen molar-refractivity contribution in [3.05, 3.63) is 93.4 Å². The van der Waals surface area contributed by atoms with Gasteiger partial charge in [0.25, 0.3) is 11.4 Å². The minimum Gasteiger partial charge on any atom is -0.258 e. The summed E-state index contributed by atoms with van der Waals surface area (Å²) in [5, 5.41) is 22.5. The van der Waals surface area contributed by atoms with E-state index in [0.29, 0.717) is 12.2 Å². The van der Waals surface area contributed by atoms with Gasteiger partial charge in [-0.3, -0.25) is 20.2 Å². The highest BCUT2D eigenvalue weighted by Crippen LogP contribution is 2.36. The molecule has 0 saturated carbocycles. The predicted octanol–water partition coefficient (Wildman–Crippen LogP) is 2.64. The molecule has 2 aromatic rings. The van der Waals surface area contributed by atoms with Gasteiger partial charge >= 0.3 is 5.69 Å². The highest BCUT2D eigenvalue weighted by Gasteiger charge is 2.44. The van der Waals surface area contributed by atoms with Gasteiger partial charge in [0, 0.05) is 24.3 Å². The van der Waals surface area contributed by atoms with E-state index in [1.807, 2.05) is 41.2 Å². The second-order valence-corrected chi connectivity index (χ2v) is 5.22. The first-order chi connectivity index (χ1) is 11.5. The van der Waals surface area contributed by atoms with Crippen molar-refractivity contribution in [1.82, 2.24) is 4.59 Å². The fraction of sp³-hybridized carbons (Fsp3) is 0.0625. The highest BCUT2D eigenvalue weighted by atomic mass is 16.6. The molecule has 0 radical (unpaired) electrons. The van der Waals surface area contributed by atoms with Crippen molar-refractivity contribution in [3.63, 3.8) is 0 Å². The summed E-state index contributed by atoms with van der Waals surface area (Å²) in [6.45, 7) is 0.448. The second kappa shape index (κ2) is 6.01. The van der Waals surface area contributed by atoms with E-state index in [-0.39, 0.29) is 16.0 Å². The minimum atomic E-state index is -0.636. The maximum absolute atomic E-state index is 11.5. The third-order valence-electron chi connectivity index (χ3n) is 3.86. The zero-order chi connectivity index (χ0) is 17.2. The van der Waals surface area contributed by atoms with Gasteiger partial charge in [-0.15, -0.1) is 0 Å². The number of rotatable bonds is 4. The summed E-state index contributed by atoms with van der Waals surface area (Å²) in [6.07, 6.45) is 11.0. The molecule has 0 spiro atoms. The Morgan fingerprint density at radius 2 is 1.75 bits per heavy atom. The Labute approximate surface area is 137 Å². The Hall–Kier alpha value is -3.39. The van der Waals surface area contributed by atoms with Crippen LogP contribution in [0.4, 0.5) is 17.1 Å². The lowest BCUT2D eigenvalue weighted by Crippen LogP contribution is -2.68. The quantitative estimate of drug-likeness (QED) is 0.374. The van der Waals surface area contributed by atoms with Gasteiger partial charge in [-0.25, -0.2) is 0 Å². The van der Waals surface area contributed by atoms with E-state index in [1.54, 1.807) is 18.5 Å². The number of hydrogen-bond donors (Lipinski definition) is 0. The number of nitro benzene ring substituents is 2. The summed E-state index contributed by atoms with van der Waals surface area (Å²) in [5.41, 5.74) is -0.249. The van der Waals surface area contributed by atoms with E-state index in [4.69, 9.17) is 0 Å². The Bertz CT molecular complexity index is 864.